The minimum atomic E-state index is -0.119. The number of halogens is 1. The van der Waals surface area contributed by atoms with E-state index in [2.05, 4.69) is 10.6 Å². The Balaban J connectivity index is 0. The Labute approximate surface area is 80.7 Å². The molecule has 0 atom stereocenters. The number of hydrogen-bond acceptors (Lipinski definition) is 2. The second-order valence-electron chi connectivity index (χ2n) is 3.58. The van der Waals surface area contributed by atoms with Crippen molar-refractivity contribution >= 4 is 5.91 Å². The van der Waals surface area contributed by atoms with Crippen LogP contribution in [0.5, 0.6) is 0 Å². The number of hydrogen-bond donors (Lipinski definition) is 2. The van der Waals surface area contributed by atoms with Crippen LogP contribution in [0.4, 0.5) is 0 Å². The summed E-state index contributed by atoms with van der Waals surface area (Å²) in [5.41, 5.74) is -0.119. The van der Waals surface area contributed by atoms with E-state index >= 15 is 0 Å². The van der Waals surface area contributed by atoms with E-state index in [1.807, 2.05) is 27.7 Å². The summed E-state index contributed by atoms with van der Waals surface area (Å²) in [6, 6.07) is 0. The molecule has 0 heterocycles. The molecule has 0 aromatic heterocycles. The van der Waals surface area contributed by atoms with Crippen LogP contribution in [0.15, 0.2) is 0 Å². The smallest absolute Gasteiger partial charge is 0.234 e. The highest BCUT2D eigenvalue weighted by Crippen LogP contribution is 1.96. The quantitative estimate of drug-likeness (QED) is 0.521. The van der Waals surface area contributed by atoms with Gasteiger partial charge in [-0.25, -0.2) is 0 Å². The molecule has 0 spiro atoms. The van der Waals surface area contributed by atoms with Gasteiger partial charge in [0.15, 0.2) is 0 Å². The van der Waals surface area contributed by atoms with Crippen LogP contribution in [0.3, 0.4) is 0 Å². The van der Waals surface area contributed by atoms with Crippen LogP contribution in [-0.4, -0.2) is 24.5 Å². The zero-order valence-electron chi connectivity index (χ0n) is 8.20. The van der Waals surface area contributed by atoms with E-state index < -0.39 is 0 Å². The van der Waals surface area contributed by atoms with Gasteiger partial charge in [-0.3, -0.25) is 4.79 Å². The third-order valence-corrected chi connectivity index (χ3v) is 1.05. The van der Waals surface area contributed by atoms with Crippen LogP contribution in [-0.2, 0) is 4.79 Å². The molecular weight excluding hydrogens is 176 g/mol. The maximum absolute atomic E-state index is 11.0. The molecule has 0 aliphatic heterocycles. The first-order valence-corrected chi connectivity index (χ1v) is 3.97. The van der Waals surface area contributed by atoms with Crippen LogP contribution in [0.25, 0.3) is 0 Å². The minimum absolute atomic E-state index is 0. The minimum Gasteiger partial charge on any atom is -1.00 e. The van der Waals surface area contributed by atoms with Crippen molar-refractivity contribution in [2.75, 3.05) is 13.1 Å². The van der Waals surface area contributed by atoms with Gasteiger partial charge in [-0.1, -0.05) is 6.92 Å². The second kappa shape index (κ2) is 6.26. The Bertz CT molecular complexity index is 132. The van der Waals surface area contributed by atoms with E-state index in [-0.39, 0.29) is 23.9 Å². The summed E-state index contributed by atoms with van der Waals surface area (Å²) in [7, 11) is 0. The summed E-state index contributed by atoms with van der Waals surface area (Å²) in [5, 5.41) is 5.81. The summed E-state index contributed by atoms with van der Waals surface area (Å²) in [6.45, 7) is 9.13. The number of carbonyl (C=O) groups excluding carboxylic acids is 1. The van der Waals surface area contributed by atoms with Crippen molar-refractivity contribution in [3.8, 4) is 0 Å². The second-order valence-corrected chi connectivity index (χ2v) is 3.58. The zero-order valence-corrected chi connectivity index (χ0v) is 8.96. The molecule has 0 aromatic rings. The topological polar surface area (TPSA) is 41.1 Å². The van der Waals surface area contributed by atoms with Gasteiger partial charge in [-0.15, -0.1) is 0 Å². The lowest BCUT2D eigenvalue weighted by atomic mass is 10.1. The van der Waals surface area contributed by atoms with Crippen LogP contribution >= 0.6 is 0 Å². The number of amides is 1. The molecule has 0 aromatic carbocycles. The molecule has 0 fully saturated rings. The van der Waals surface area contributed by atoms with Crippen molar-refractivity contribution in [2.24, 2.45) is 0 Å². The van der Waals surface area contributed by atoms with E-state index in [1.165, 1.54) is 0 Å². The summed E-state index contributed by atoms with van der Waals surface area (Å²) in [6.07, 6.45) is 0. The van der Waals surface area contributed by atoms with Gasteiger partial charge in [0.25, 0.3) is 0 Å². The van der Waals surface area contributed by atoms with Crippen LogP contribution in [0, 0.1) is 0 Å². The first kappa shape index (κ1) is 14.3. The molecule has 2 N–H and O–H groups in total. The van der Waals surface area contributed by atoms with Crippen molar-refractivity contribution in [2.45, 2.75) is 33.2 Å². The first-order chi connectivity index (χ1) is 4.95. The lowest BCUT2D eigenvalue weighted by Gasteiger charge is -2.20. The average molecular weight is 194 g/mol. The SMILES string of the molecule is CCNCC(=O)NC(C)(C)C.[Cl-]. The third kappa shape index (κ3) is 9.72. The predicted octanol–water partition coefficient (Wildman–Crippen LogP) is -2.49. The van der Waals surface area contributed by atoms with E-state index in [4.69, 9.17) is 0 Å². The van der Waals surface area contributed by atoms with Crippen molar-refractivity contribution < 1.29 is 17.2 Å². The molecule has 0 aliphatic rings. The van der Waals surface area contributed by atoms with Crippen molar-refractivity contribution in [1.82, 2.24) is 10.6 Å². The molecule has 0 rings (SSSR count). The van der Waals surface area contributed by atoms with Crippen LogP contribution < -0.4 is 23.0 Å². The normalized spacial score (nSPS) is 10.3. The number of carbonyl (C=O) groups is 1. The van der Waals surface area contributed by atoms with Gasteiger partial charge in [0.1, 0.15) is 0 Å². The summed E-state index contributed by atoms with van der Waals surface area (Å²) in [5.74, 6) is 0.0550. The molecule has 0 unspecified atom stereocenters. The van der Waals surface area contributed by atoms with Gasteiger partial charge in [-0.05, 0) is 27.3 Å². The number of likely N-dealkylation sites (N-methyl/N-ethyl adjacent to an activating group) is 1. The molecular formula is C8H18ClN2O-. The average Bonchev–Trinajstić information content (AvgIpc) is 1.79. The number of rotatable bonds is 3. The van der Waals surface area contributed by atoms with Crippen molar-refractivity contribution in [1.29, 1.82) is 0 Å². The molecule has 3 nitrogen and oxygen atoms in total. The molecule has 12 heavy (non-hydrogen) atoms. The van der Waals surface area contributed by atoms with Gasteiger partial charge in [0.05, 0.1) is 6.54 Å². The highest BCUT2D eigenvalue weighted by Gasteiger charge is 2.12. The fourth-order valence-electron chi connectivity index (χ4n) is 0.701. The molecule has 0 saturated carbocycles. The van der Waals surface area contributed by atoms with Gasteiger partial charge in [-0.2, -0.15) is 0 Å². The molecule has 0 aliphatic carbocycles. The molecule has 0 radical (unpaired) electrons. The maximum atomic E-state index is 11.0. The predicted molar refractivity (Wildman–Crippen MR) is 46.4 cm³/mol. The fraction of sp³-hybridized carbons (Fsp3) is 0.875. The zero-order chi connectivity index (χ0) is 8.91. The Morgan fingerprint density at radius 2 is 1.83 bits per heavy atom. The van der Waals surface area contributed by atoms with Crippen molar-refractivity contribution in [3.05, 3.63) is 0 Å². The lowest BCUT2D eigenvalue weighted by molar-refractivity contribution is -0.121. The van der Waals surface area contributed by atoms with E-state index in [9.17, 15) is 4.79 Å². The lowest BCUT2D eigenvalue weighted by Crippen LogP contribution is -3.00. The van der Waals surface area contributed by atoms with Gasteiger partial charge in [0, 0.05) is 5.54 Å². The highest BCUT2D eigenvalue weighted by atomic mass is 35.5. The Hall–Kier alpha value is -0.280. The van der Waals surface area contributed by atoms with Gasteiger partial charge < -0.3 is 23.0 Å². The fourth-order valence-corrected chi connectivity index (χ4v) is 0.701. The van der Waals surface area contributed by atoms with E-state index in [0.717, 1.165) is 6.54 Å². The van der Waals surface area contributed by atoms with E-state index in [1.54, 1.807) is 0 Å². The molecule has 0 bridgehead atoms. The maximum Gasteiger partial charge on any atom is 0.234 e. The summed E-state index contributed by atoms with van der Waals surface area (Å²) in [4.78, 5) is 11.0. The molecule has 4 heteroatoms. The Morgan fingerprint density at radius 1 is 1.33 bits per heavy atom. The van der Waals surface area contributed by atoms with E-state index in [0.29, 0.717) is 6.54 Å². The standard InChI is InChI=1S/C8H18N2O.ClH/c1-5-9-6-7(11)10-8(2,3)4;/h9H,5-6H2,1-4H3,(H,10,11);1H/p-1. The third-order valence-electron chi connectivity index (χ3n) is 1.05. The molecule has 74 valence electrons. The summed E-state index contributed by atoms with van der Waals surface area (Å²) >= 11 is 0. The van der Waals surface area contributed by atoms with Gasteiger partial charge in [0.2, 0.25) is 5.91 Å². The van der Waals surface area contributed by atoms with Crippen molar-refractivity contribution in [3.63, 3.8) is 0 Å². The first-order valence-electron chi connectivity index (χ1n) is 3.97. The largest absolute Gasteiger partial charge is 1.00 e. The molecule has 0 saturated heterocycles. The highest BCUT2D eigenvalue weighted by molar-refractivity contribution is 5.78. The van der Waals surface area contributed by atoms with Crippen LogP contribution in [0.1, 0.15) is 27.7 Å². The molecule has 1 amide bonds. The Kier molecular flexibility index (Phi) is 7.44. The summed E-state index contributed by atoms with van der Waals surface area (Å²) < 4.78 is 0. The monoisotopic (exact) mass is 193 g/mol. The number of nitrogens with one attached hydrogen (secondary N) is 2. The van der Waals surface area contributed by atoms with Crippen LogP contribution in [0.2, 0.25) is 0 Å². The Morgan fingerprint density at radius 3 is 2.17 bits per heavy atom. The van der Waals surface area contributed by atoms with Gasteiger partial charge >= 0.3 is 0 Å².